The van der Waals surface area contributed by atoms with Gasteiger partial charge in [-0.2, -0.15) is 18.3 Å². The third kappa shape index (κ3) is 3.97. The molecule has 1 aromatic heterocycles. The third-order valence-corrected chi connectivity index (χ3v) is 3.50. The average Bonchev–Trinajstić information content (AvgIpc) is 2.61. The molecule has 0 atom stereocenters. The molecule has 3 aromatic rings. The summed E-state index contributed by atoms with van der Waals surface area (Å²) in [6.07, 6.45) is -3.09. The van der Waals surface area contributed by atoms with Crippen molar-refractivity contribution in [2.45, 2.75) is 6.18 Å². The second-order valence-corrected chi connectivity index (χ2v) is 5.33. The van der Waals surface area contributed by atoms with Crippen LogP contribution in [0.2, 0.25) is 0 Å². The minimum Gasteiger partial charge on any atom is -0.423 e. The van der Waals surface area contributed by atoms with Crippen LogP contribution in [0.1, 0.15) is 21.5 Å². The smallest absolute Gasteiger partial charge is 0.416 e. The first-order valence-electron chi connectivity index (χ1n) is 7.37. The highest BCUT2D eigenvalue weighted by Crippen LogP contribution is 2.29. The molecular formula is C18H11F3N2O3. The molecule has 1 heterocycles. The van der Waals surface area contributed by atoms with Crippen molar-refractivity contribution < 1.29 is 22.4 Å². The maximum Gasteiger partial charge on any atom is 0.416 e. The van der Waals surface area contributed by atoms with E-state index in [2.05, 4.69) is 10.5 Å². The topological polar surface area (TPSA) is 71.7 Å². The summed E-state index contributed by atoms with van der Waals surface area (Å²) in [4.78, 5) is 23.0. The summed E-state index contributed by atoms with van der Waals surface area (Å²) < 4.78 is 42.5. The van der Waals surface area contributed by atoms with Crippen LogP contribution in [0.15, 0.2) is 68.9 Å². The van der Waals surface area contributed by atoms with Gasteiger partial charge in [0.05, 0.1) is 11.8 Å². The molecule has 2 aromatic carbocycles. The summed E-state index contributed by atoms with van der Waals surface area (Å²) in [5, 5.41) is 4.46. The van der Waals surface area contributed by atoms with Crippen molar-refractivity contribution in [3.05, 3.63) is 81.7 Å². The van der Waals surface area contributed by atoms with E-state index >= 15 is 0 Å². The molecule has 1 amide bonds. The standard InChI is InChI=1S/C18H11F3N2O3/c19-18(20,21)14-5-2-12(3-6-14)17(25)23-22-10-11-1-7-15-13(9-11)4-8-16(24)26-15/h1-10H,(H,23,25)/b22-10+. The highest BCUT2D eigenvalue weighted by Gasteiger charge is 2.30. The van der Waals surface area contributed by atoms with Gasteiger partial charge in [0, 0.05) is 17.0 Å². The van der Waals surface area contributed by atoms with Crippen LogP contribution >= 0.6 is 0 Å². The summed E-state index contributed by atoms with van der Waals surface area (Å²) in [6, 6.07) is 11.6. The fourth-order valence-electron chi connectivity index (χ4n) is 2.21. The van der Waals surface area contributed by atoms with Crippen LogP contribution in [0, 0.1) is 0 Å². The molecule has 0 aliphatic carbocycles. The Morgan fingerprint density at radius 2 is 1.77 bits per heavy atom. The molecular weight excluding hydrogens is 349 g/mol. The molecule has 0 unspecified atom stereocenters. The fraction of sp³-hybridized carbons (Fsp3) is 0.0556. The quantitative estimate of drug-likeness (QED) is 0.441. The zero-order chi connectivity index (χ0) is 18.7. The number of fused-ring (bicyclic) bond motifs is 1. The Balaban J connectivity index is 1.69. The van der Waals surface area contributed by atoms with Crippen LogP contribution < -0.4 is 11.1 Å². The number of carbonyl (C=O) groups excluding carboxylic acids is 1. The van der Waals surface area contributed by atoms with Gasteiger partial charge >= 0.3 is 11.8 Å². The van der Waals surface area contributed by atoms with Crippen molar-refractivity contribution in [1.82, 2.24) is 5.43 Å². The number of benzene rings is 2. The molecule has 0 saturated carbocycles. The van der Waals surface area contributed by atoms with Crippen LogP contribution in [0.4, 0.5) is 13.2 Å². The Labute approximate surface area is 144 Å². The summed E-state index contributed by atoms with van der Waals surface area (Å²) in [6.45, 7) is 0. The first kappa shape index (κ1) is 17.4. The molecule has 0 saturated heterocycles. The monoisotopic (exact) mass is 360 g/mol. The van der Waals surface area contributed by atoms with Gasteiger partial charge in [0.15, 0.2) is 0 Å². The lowest BCUT2D eigenvalue weighted by atomic mass is 10.1. The van der Waals surface area contributed by atoms with E-state index in [9.17, 15) is 22.8 Å². The van der Waals surface area contributed by atoms with Gasteiger partial charge in [0.2, 0.25) is 0 Å². The molecule has 0 aliphatic heterocycles. The maximum atomic E-state index is 12.5. The Kier molecular flexibility index (Phi) is 4.57. The number of nitrogens with zero attached hydrogens (tertiary/aromatic N) is 1. The normalized spacial score (nSPS) is 11.8. The lowest BCUT2D eigenvalue weighted by Gasteiger charge is -2.06. The largest absolute Gasteiger partial charge is 0.423 e. The van der Waals surface area contributed by atoms with E-state index in [1.54, 1.807) is 24.3 Å². The van der Waals surface area contributed by atoms with Crippen molar-refractivity contribution in [3.63, 3.8) is 0 Å². The van der Waals surface area contributed by atoms with Crippen molar-refractivity contribution in [2.75, 3.05) is 0 Å². The van der Waals surface area contributed by atoms with E-state index in [0.29, 0.717) is 16.5 Å². The Bertz CT molecular complexity index is 1040. The van der Waals surface area contributed by atoms with Crippen molar-refractivity contribution in [3.8, 4) is 0 Å². The zero-order valence-electron chi connectivity index (χ0n) is 13.1. The number of alkyl halides is 3. The van der Waals surface area contributed by atoms with Crippen LogP contribution in [0.25, 0.3) is 11.0 Å². The SMILES string of the molecule is O=C(N/N=C/c1ccc2oc(=O)ccc2c1)c1ccc(C(F)(F)F)cc1. The third-order valence-electron chi connectivity index (χ3n) is 3.50. The number of rotatable bonds is 3. The van der Waals surface area contributed by atoms with E-state index in [4.69, 9.17) is 4.42 Å². The maximum absolute atomic E-state index is 12.5. The number of nitrogens with one attached hydrogen (secondary N) is 1. The Morgan fingerprint density at radius 1 is 1.04 bits per heavy atom. The van der Waals surface area contributed by atoms with Crippen LogP contribution in [0.5, 0.6) is 0 Å². The minimum absolute atomic E-state index is 0.0513. The van der Waals surface area contributed by atoms with E-state index in [1.165, 1.54) is 12.3 Å². The number of carbonyl (C=O) groups is 1. The summed E-state index contributed by atoms with van der Waals surface area (Å²) in [7, 11) is 0. The molecule has 132 valence electrons. The first-order valence-corrected chi connectivity index (χ1v) is 7.37. The lowest BCUT2D eigenvalue weighted by molar-refractivity contribution is -0.137. The molecule has 3 rings (SSSR count). The summed E-state index contributed by atoms with van der Waals surface area (Å²) in [5.41, 5.74) is 2.06. The van der Waals surface area contributed by atoms with Crippen LogP contribution in [0.3, 0.4) is 0 Å². The molecule has 0 fully saturated rings. The predicted molar refractivity (Wildman–Crippen MR) is 89.0 cm³/mol. The van der Waals surface area contributed by atoms with Crippen LogP contribution in [-0.4, -0.2) is 12.1 Å². The predicted octanol–water partition coefficient (Wildman–Crippen LogP) is 3.58. The van der Waals surface area contributed by atoms with Crippen molar-refractivity contribution >= 4 is 23.1 Å². The van der Waals surface area contributed by atoms with Gasteiger partial charge in [-0.25, -0.2) is 10.2 Å². The van der Waals surface area contributed by atoms with Gasteiger partial charge in [-0.3, -0.25) is 4.79 Å². The van der Waals surface area contributed by atoms with Crippen LogP contribution in [-0.2, 0) is 6.18 Å². The average molecular weight is 360 g/mol. The zero-order valence-corrected chi connectivity index (χ0v) is 13.1. The molecule has 0 spiro atoms. The molecule has 5 nitrogen and oxygen atoms in total. The number of amides is 1. The van der Waals surface area contributed by atoms with Crippen molar-refractivity contribution in [1.29, 1.82) is 0 Å². The molecule has 1 N–H and O–H groups in total. The highest BCUT2D eigenvalue weighted by molar-refractivity contribution is 5.95. The van der Waals surface area contributed by atoms with Gasteiger partial charge < -0.3 is 4.42 Å². The Hall–Kier alpha value is -3.42. The van der Waals surface area contributed by atoms with E-state index in [1.807, 2.05) is 0 Å². The number of hydrogen-bond acceptors (Lipinski definition) is 4. The number of hydrazone groups is 1. The second-order valence-electron chi connectivity index (χ2n) is 5.33. The first-order chi connectivity index (χ1) is 12.3. The minimum atomic E-state index is -4.46. The molecule has 0 bridgehead atoms. The molecule has 0 aliphatic rings. The molecule has 0 radical (unpaired) electrons. The number of hydrogen-bond donors (Lipinski definition) is 1. The fourth-order valence-corrected chi connectivity index (χ4v) is 2.21. The highest BCUT2D eigenvalue weighted by atomic mass is 19.4. The van der Waals surface area contributed by atoms with Gasteiger partial charge in [-0.15, -0.1) is 0 Å². The van der Waals surface area contributed by atoms with E-state index in [0.717, 1.165) is 24.3 Å². The summed E-state index contributed by atoms with van der Waals surface area (Å²) in [5.74, 6) is -0.637. The van der Waals surface area contributed by atoms with Gasteiger partial charge in [-0.1, -0.05) is 0 Å². The van der Waals surface area contributed by atoms with E-state index < -0.39 is 23.3 Å². The van der Waals surface area contributed by atoms with E-state index in [-0.39, 0.29) is 5.56 Å². The summed E-state index contributed by atoms with van der Waals surface area (Å²) >= 11 is 0. The molecule has 8 heteroatoms. The van der Waals surface area contributed by atoms with Gasteiger partial charge in [-0.05, 0) is 54.1 Å². The number of halogens is 3. The van der Waals surface area contributed by atoms with Gasteiger partial charge in [0.1, 0.15) is 5.58 Å². The lowest BCUT2D eigenvalue weighted by Crippen LogP contribution is -2.18. The second kappa shape index (κ2) is 6.83. The van der Waals surface area contributed by atoms with Gasteiger partial charge in [0.25, 0.3) is 5.91 Å². The molecule has 26 heavy (non-hydrogen) atoms. The van der Waals surface area contributed by atoms with Crippen molar-refractivity contribution in [2.24, 2.45) is 5.10 Å². The Morgan fingerprint density at radius 3 is 2.46 bits per heavy atom.